The highest BCUT2D eigenvalue weighted by atomic mass is 16.5. The summed E-state index contributed by atoms with van der Waals surface area (Å²) in [6, 6.07) is 71.6. The highest BCUT2D eigenvalue weighted by molar-refractivity contribution is 6.10. The summed E-state index contributed by atoms with van der Waals surface area (Å²) in [7, 11) is 0. The lowest BCUT2D eigenvalue weighted by Gasteiger charge is -2.31. The lowest BCUT2D eigenvalue weighted by Crippen LogP contribution is -2.26. The Morgan fingerprint density at radius 3 is 1.81 bits per heavy atom. The third kappa shape index (κ3) is 4.05. The topological polar surface area (TPSA) is 22.4 Å². The zero-order valence-electron chi connectivity index (χ0n) is 31.8. The van der Waals surface area contributed by atoms with E-state index in [0.29, 0.717) is 0 Å². The Morgan fingerprint density at radius 1 is 0.305 bits per heavy atom. The molecule has 10 aromatic carbocycles. The number of para-hydroxylation sites is 1. The van der Waals surface area contributed by atoms with Crippen LogP contribution in [0.3, 0.4) is 0 Å². The molecule has 0 bridgehead atoms. The molecule has 0 fully saturated rings. The molecule has 1 aliphatic heterocycles. The lowest BCUT2D eigenvalue weighted by atomic mass is 9.70. The minimum absolute atomic E-state index is 0.498. The summed E-state index contributed by atoms with van der Waals surface area (Å²) >= 11 is 0. The van der Waals surface area contributed by atoms with Crippen molar-refractivity contribution in [1.29, 1.82) is 0 Å². The summed E-state index contributed by atoms with van der Waals surface area (Å²) < 4.78 is 12.8. The number of ether oxygens (including phenoxy) is 1. The van der Waals surface area contributed by atoms with Gasteiger partial charge in [-0.3, -0.25) is 0 Å². The van der Waals surface area contributed by atoms with E-state index in [2.05, 4.69) is 188 Å². The van der Waals surface area contributed by atoms with Crippen LogP contribution in [0.1, 0.15) is 22.3 Å². The number of furan rings is 1. The quantitative estimate of drug-likeness (QED) is 0.176. The van der Waals surface area contributed by atoms with Crippen molar-refractivity contribution < 1.29 is 9.15 Å². The Kier molecular flexibility index (Phi) is 5.99. The average molecular weight is 749 g/mol. The molecule has 14 rings (SSSR count). The van der Waals surface area contributed by atoms with E-state index in [4.69, 9.17) is 9.15 Å². The van der Waals surface area contributed by atoms with Crippen LogP contribution in [0.4, 0.5) is 0 Å². The molecule has 0 atom stereocenters. The van der Waals surface area contributed by atoms with Crippen LogP contribution >= 0.6 is 0 Å². The Morgan fingerprint density at radius 2 is 0.949 bits per heavy atom. The average Bonchev–Trinajstić information content (AvgIpc) is 3.91. The number of fused-ring (bicyclic) bond motifs is 16. The molecule has 0 amide bonds. The van der Waals surface area contributed by atoms with E-state index < -0.39 is 5.41 Å². The van der Waals surface area contributed by atoms with E-state index in [1.54, 1.807) is 0 Å². The molecule has 2 aliphatic carbocycles. The molecule has 3 aliphatic rings. The number of hydrogen-bond acceptors (Lipinski definition) is 2. The molecule has 0 saturated carbocycles. The molecule has 0 saturated heterocycles. The maximum absolute atomic E-state index is 6.52. The predicted molar refractivity (Wildman–Crippen MR) is 241 cm³/mol. The Labute approximate surface area is 340 Å². The minimum Gasteiger partial charge on any atom is -0.456 e. The molecule has 1 spiro atoms. The van der Waals surface area contributed by atoms with Crippen LogP contribution in [-0.4, -0.2) is 0 Å². The van der Waals surface area contributed by atoms with Crippen LogP contribution < -0.4 is 4.74 Å². The highest BCUT2D eigenvalue weighted by Gasteiger charge is 2.51. The zero-order valence-corrected chi connectivity index (χ0v) is 31.8. The van der Waals surface area contributed by atoms with Gasteiger partial charge in [0.05, 0.1) is 5.41 Å². The first-order valence-corrected chi connectivity index (χ1v) is 20.4. The van der Waals surface area contributed by atoms with Crippen LogP contribution in [0.15, 0.2) is 199 Å². The van der Waals surface area contributed by atoms with Gasteiger partial charge in [-0.1, -0.05) is 140 Å². The normalized spacial score (nSPS) is 13.7. The molecule has 0 N–H and O–H groups in total. The standard InChI is InChI=1S/C57H32O2/c1-4-18-48-39(13-1)40-14-2-5-19-49(40)57(48)50-31-35(34-23-26-54-47(28-34)43-17-7-10-33-11-9-21-55(59-54)56(33)43)22-25-41(50)45-29-36-12-8-16-38(44(36)32-51(45)57)37-24-27-53-46(30-37)42-15-3-6-20-52(42)58-53/h1-32H. The molecule has 59 heavy (non-hydrogen) atoms. The van der Waals surface area contributed by atoms with Crippen molar-refractivity contribution in [3.8, 4) is 67.1 Å². The molecular weight excluding hydrogens is 717 g/mol. The fourth-order valence-corrected chi connectivity index (χ4v) is 11.0. The van der Waals surface area contributed by atoms with Gasteiger partial charge in [0.2, 0.25) is 0 Å². The molecule has 0 unspecified atom stereocenters. The van der Waals surface area contributed by atoms with E-state index in [0.717, 1.165) is 39.0 Å². The first-order valence-electron chi connectivity index (χ1n) is 20.4. The van der Waals surface area contributed by atoms with Crippen molar-refractivity contribution in [2.75, 3.05) is 0 Å². The first-order chi connectivity index (χ1) is 29.2. The van der Waals surface area contributed by atoms with Gasteiger partial charge in [-0.25, -0.2) is 0 Å². The summed E-state index contributed by atoms with van der Waals surface area (Å²) in [5, 5.41) is 7.12. The second-order valence-corrected chi connectivity index (χ2v) is 16.3. The van der Waals surface area contributed by atoms with Crippen LogP contribution in [0.25, 0.3) is 99.1 Å². The van der Waals surface area contributed by atoms with Crippen molar-refractivity contribution >= 4 is 43.5 Å². The maximum atomic E-state index is 6.52. The molecule has 11 aromatic rings. The van der Waals surface area contributed by atoms with Gasteiger partial charge in [0.25, 0.3) is 0 Å². The summed E-state index contributed by atoms with van der Waals surface area (Å²) in [4.78, 5) is 0. The monoisotopic (exact) mass is 748 g/mol. The van der Waals surface area contributed by atoms with Crippen molar-refractivity contribution in [3.63, 3.8) is 0 Å². The summed E-state index contributed by atoms with van der Waals surface area (Å²) in [5.41, 5.74) is 19.0. The van der Waals surface area contributed by atoms with Crippen LogP contribution in [0, 0.1) is 0 Å². The van der Waals surface area contributed by atoms with E-state index in [1.165, 1.54) is 93.9 Å². The summed E-state index contributed by atoms with van der Waals surface area (Å²) in [6.45, 7) is 0. The van der Waals surface area contributed by atoms with Gasteiger partial charge in [0.15, 0.2) is 0 Å². The molecule has 0 radical (unpaired) electrons. The van der Waals surface area contributed by atoms with Crippen molar-refractivity contribution in [2.24, 2.45) is 0 Å². The third-order valence-corrected chi connectivity index (χ3v) is 13.5. The largest absolute Gasteiger partial charge is 0.456 e. The van der Waals surface area contributed by atoms with Crippen molar-refractivity contribution in [3.05, 3.63) is 216 Å². The first kappa shape index (κ1) is 31.4. The van der Waals surface area contributed by atoms with Gasteiger partial charge in [0, 0.05) is 21.7 Å². The Bertz CT molecular complexity index is 3610. The number of benzene rings is 10. The molecule has 1 aromatic heterocycles. The molecular formula is C57H32O2. The fraction of sp³-hybridized carbons (Fsp3) is 0.0175. The molecule has 2 nitrogen and oxygen atoms in total. The van der Waals surface area contributed by atoms with E-state index in [-0.39, 0.29) is 0 Å². The van der Waals surface area contributed by atoms with Crippen molar-refractivity contribution in [1.82, 2.24) is 0 Å². The maximum Gasteiger partial charge on any atom is 0.135 e. The lowest BCUT2D eigenvalue weighted by molar-refractivity contribution is 0.487. The van der Waals surface area contributed by atoms with Crippen LogP contribution in [0.5, 0.6) is 11.5 Å². The Hall–Kier alpha value is -7.68. The minimum atomic E-state index is -0.498. The van der Waals surface area contributed by atoms with Gasteiger partial charge in [-0.15, -0.1) is 0 Å². The molecule has 272 valence electrons. The number of hydrogen-bond donors (Lipinski definition) is 0. The summed E-state index contributed by atoms with van der Waals surface area (Å²) in [6.07, 6.45) is 0. The Balaban J connectivity index is 1.02. The van der Waals surface area contributed by atoms with Gasteiger partial charge in [-0.2, -0.15) is 0 Å². The van der Waals surface area contributed by atoms with Gasteiger partial charge < -0.3 is 9.15 Å². The number of rotatable bonds is 2. The second kappa shape index (κ2) is 11.2. The van der Waals surface area contributed by atoms with E-state index in [1.807, 2.05) is 6.07 Å². The highest BCUT2D eigenvalue weighted by Crippen LogP contribution is 2.64. The van der Waals surface area contributed by atoms with Gasteiger partial charge in [0.1, 0.15) is 22.7 Å². The van der Waals surface area contributed by atoms with Gasteiger partial charge in [-0.05, 0) is 143 Å². The predicted octanol–water partition coefficient (Wildman–Crippen LogP) is 15.3. The van der Waals surface area contributed by atoms with Crippen molar-refractivity contribution in [2.45, 2.75) is 5.41 Å². The second-order valence-electron chi connectivity index (χ2n) is 16.3. The van der Waals surface area contributed by atoms with E-state index >= 15 is 0 Å². The molecule has 2 heterocycles. The van der Waals surface area contributed by atoms with E-state index in [9.17, 15) is 0 Å². The third-order valence-electron chi connectivity index (χ3n) is 13.5. The zero-order chi connectivity index (χ0) is 38.4. The van der Waals surface area contributed by atoms with Crippen LogP contribution in [-0.2, 0) is 5.41 Å². The SMILES string of the molecule is c1ccc2c(c1)-c1ccccc1C21c2cc(-c3ccc4c(c3)-c3cccc5cccc(c35)O4)ccc2-c2cc3cccc(-c4ccc5oc6ccccc6c5c4)c3cc21. The molecule has 2 heteroatoms. The van der Waals surface area contributed by atoms with Crippen LogP contribution in [0.2, 0.25) is 0 Å². The fourth-order valence-electron chi connectivity index (χ4n) is 11.0. The summed E-state index contributed by atoms with van der Waals surface area (Å²) in [5.74, 6) is 1.81. The van der Waals surface area contributed by atoms with Gasteiger partial charge >= 0.3 is 0 Å². The smallest absolute Gasteiger partial charge is 0.135 e.